The minimum Gasteiger partial charge on any atom is -0.496 e. The fraction of sp³-hybridized carbons (Fsp3) is 0.588. The molecular weight excluding hydrogens is 278 g/mol. The van der Waals surface area contributed by atoms with Crippen molar-refractivity contribution in [1.29, 1.82) is 0 Å². The summed E-state index contributed by atoms with van der Waals surface area (Å²) >= 11 is 0. The van der Waals surface area contributed by atoms with E-state index >= 15 is 0 Å². The number of likely N-dealkylation sites (N-methyl/N-ethyl adjacent to an activating group) is 1. The van der Waals surface area contributed by atoms with Gasteiger partial charge in [-0.15, -0.1) is 0 Å². The van der Waals surface area contributed by atoms with Crippen molar-refractivity contribution in [2.24, 2.45) is 0 Å². The Morgan fingerprint density at radius 3 is 2.95 bits per heavy atom. The zero-order valence-corrected chi connectivity index (χ0v) is 13.8. The molecule has 1 aliphatic rings. The Morgan fingerprint density at radius 1 is 1.45 bits per heavy atom. The highest BCUT2D eigenvalue weighted by molar-refractivity contribution is 5.79. The third-order valence-electron chi connectivity index (χ3n) is 4.07. The van der Waals surface area contributed by atoms with E-state index in [0.29, 0.717) is 6.54 Å². The molecule has 1 unspecified atom stereocenters. The van der Waals surface area contributed by atoms with Gasteiger partial charge in [-0.2, -0.15) is 0 Å². The molecule has 1 amide bonds. The molecule has 0 aliphatic carbocycles. The normalized spacial score (nSPS) is 18.5. The Morgan fingerprint density at radius 2 is 2.23 bits per heavy atom. The fourth-order valence-electron chi connectivity index (χ4n) is 3.00. The van der Waals surface area contributed by atoms with Crippen molar-refractivity contribution in [3.05, 3.63) is 29.8 Å². The first-order valence-electron chi connectivity index (χ1n) is 7.99. The second-order valence-corrected chi connectivity index (χ2v) is 5.79. The molecule has 0 radical (unpaired) electrons. The molecule has 0 bridgehead atoms. The minimum atomic E-state index is 0.0347. The summed E-state index contributed by atoms with van der Waals surface area (Å²) in [4.78, 5) is 16.8. The van der Waals surface area contributed by atoms with Crippen molar-refractivity contribution in [3.8, 4) is 5.75 Å². The average molecular weight is 305 g/mol. The van der Waals surface area contributed by atoms with Gasteiger partial charge in [0.05, 0.1) is 19.7 Å². The predicted molar refractivity (Wildman–Crippen MR) is 88.1 cm³/mol. The molecule has 1 N–H and O–H groups in total. The van der Waals surface area contributed by atoms with E-state index in [2.05, 4.69) is 17.1 Å². The highest BCUT2D eigenvalue weighted by Crippen LogP contribution is 2.30. The number of hydrogen-bond acceptors (Lipinski definition) is 4. The topological polar surface area (TPSA) is 44.8 Å². The van der Waals surface area contributed by atoms with Crippen LogP contribution in [0.5, 0.6) is 5.75 Å². The fourth-order valence-corrected chi connectivity index (χ4v) is 3.00. The molecule has 5 heteroatoms. The van der Waals surface area contributed by atoms with Crippen LogP contribution in [-0.2, 0) is 4.79 Å². The lowest BCUT2D eigenvalue weighted by molar-refractivity contribution is -0.135. The Kier molecular flexibility index (Phi) is 6.21. The number of ether oxygens (including phenoxy) is 1. The van der Waals surface area contributed by atoms with Crippen molar-refractivity contribution < 1.29 is 9.53 Å². The number of amides is 1. The summed E-state index contributed by atoms with van der Waals surface area (Å²) in [5.74, 6) is 1.03. The average Bonchev–Trinajstić information content (AvgIpc) is 2.55. The van der Waals surface area contributed by atoms with E-state index in [1.54, 1.807) is 7.11 Å². The van der Waals surface area contributed by atoms with Crippen LogP contribution < -0.4 is 10.1 Å². The van der Waals surface area contributed by atoms with Crippen LogP contribution in [0.25, 0.3) is 0 Å². The lowest BCUT2D eigenvalue weighted by Gasteiger charge is -2.38. The number of rotatable bonds is 6. The maximum absolute atomic E-state index is 12.7. The van der Waals surface area contributed by atoms with E-state index in [4.69, 9.17) is 4.74 Å². The summed E-state index contributed by atoms with van der Waals surface area (Å²) in [6, 6.07) is 7.99. The number of nitrogens with zero attached hydrogens (tertiary/aromatic N) is 2. The Bertz CT molecular complexity index is 493. The van der Waals surface area contributed by atoms with E-state index in [-0.39, 0.29) is 11.9 Å². The molecule has 122 valence electrons. The number of benzene rings is 1. The Balaban J connectivity index is 2.16. The Hall–Kier alpha value is -1.59. The lowest BCUT2D eigenvalue weighted by atomic mass is 10.0. The molecular formula is C17H27N3O2. The van der Waals surface area contributed by atoms with Crippen molar-refractivity contribution in [1.82, 2.24) is 15.1 Å². The molecule has 1 heterocycles. The molecule has 1 atom stereocenters. The second kappa shape index (κ2) is 8.15. The molecule has 1 aliphatic heterocycles. The van der Waals surface area contributed by atoms with Gasteiger partial charge in [-0.1, -0.05) is 25.1 Å². The van der Waals surface area contributed by atoms with Gasteiger partial charge in [0, 0.05) is 25.2 Å². The molecule has 1 saturated heterocycles. The minimum absolute atomic E-state index is 0.0347. The third kappa shape index (κ3) is 3.99. The van der Waals surface area contributed by atoms with Crippen LogP contribution in [0.4, 0.5) is 0 Å². The maximum atomic E-state index is 12.7. The van der Waals surface area contributed by atoms with Crippen LogP contribution in [-0.4, -0.2) is 62.6 Å². The van der Waals surface area contributed by atoms with Crippen molar-refractivity contribution >= 4 is 5.91 Å². The van der Waals surface area contributed by atoms with Gasteiger partial charge in [-0.25, -0.2) is 0 Å². The lowest BCUT2D eigenvalue weighted by Crippen LogP contribution is -2.51. The summed E-state index contributed by atoms with van der Waals surface area (Å²) in [5, 5.41) is 3.38. The van der Waals surface area contributed by atoms with Gasteiger partial charge in [0.1, 0.15) is 5.75 Å². The molecule has 5 nitrogen and oxygen atoms in total. The van der Waals surface area contributed by atoms with Crippen LogP contribution in [0.3, 0.4) is 0 Å². The van der Waals surface area contributed by atoms with Crippen LogP contribution in [0.1, 0.15) is 24.9 Å². The molecule has 0 saturated carbocycles. The largest absolute Gasteiger partial charge is 0.496 e. The molecule has 1 aromatic carbocycles. The standard InChI is InChI=1S/C17H27N3O2/c1-4-10-19(2)13-17(21)20-11-9-18-12-15(20)14-7-5-6-8-16(14)22-3/h5-8,15,18H,4,9-13H2,1-3H3. The number of hydrogen-bond donors (Lipinski definition) is 1. The zero-order valence-electron chi connectivity index (χ0n) is 13.8. The van der Waals surface area contributed by atoms with Crippen molar-refractivity contribution in [2.45, 2.75) is 19.4 Å². The highest BCUT2D eigenvalue weighted by atomic mass is 16.5. The van der Waals surface area contributed by atoms with Gasteiger partial charge in [0.15, 0.2) is 0 Å². The van der Waals surface area contributed by atoms with E-state index in [1.807, 2.05) is 36.2 Å². The van der Waals surface area contributed by atoms with Gasteiger partial charge < -0.3 is 15.0 Å². The highest BCUT2D eigenvalue weighted by Gasteiger charge is 2.29. The summed E-state index contributed by atoms with van der Waals surface area (Å²) in [5.41, 5.74) is 1.07. The number of methoxy groups -OCH3 is 1. The maximum Gasteiger partial charge on any atom is 0.237 e. The predicted octanol–water partition coefficient (Wildman–Crippen LogP) is 1.51. The van der Waals surface area contributed by atoms with Crippen molar-refractivity contribution in [2.75, 3.05) is 46.9 Å². The molecule has 0 spiro atoms. The first kappa shape index (κ1) is 16.8. The number of carbonyl (C=O) groups is 1. The summed E-state index contributed by atoms with van der Waals surface area (Å²) in [6.07, 6.45) is 1.06. The summed E-state index contributed by atoms with van der Waals surface area (Å²) in [6.45, 7) is 5.89. The monoisotopic (exact) mass is 305 g/mol. The van der Waals surface area contributed by atoms with E-state index < -0.39 is 0 Å². The number of nitrogens with one attached hydrogen (secondary N) is 1. The third-order valence-corrected chi connectivity index (χ3v) is 4.07. The Labute approximate surface area is 133 Å². The van der Waals surface area contributed by atoms with Crippen LogP contribution in [0.2, 0.25) is 0 Å². The van der Waals surface area contributed by atoms with E-state index in [0.717, 1.165) is 43.9 Å². The van der Waals surface area contributed by atoms with Gasteiger partial charge in [-0.05, 0) is 26.1 Å². The zero-order chi connectivity index (χ0) is 15.9. The van der Waals surface area contributed by atoms with Gasteiger partial charge in [-0.3, -0.25) is 9.69 Å². The number of piperazine rings is 1. The quantitative estimate of drug-likeness (QED) is 0.865. The smallest absolute Gasteiger partial charge is 0.237 e. The summed E-state index contributed by atoms with van der Waals surface area (Å²) in [7, 11) is 3.68. The van der Waals surface area contributed by atoms with Gasteiger partial charge in [0.25, 0.3) is 0 Å². The molecule has 2 rings (SSSR count). The first-order chi connectivity index (χ1) is 10.7. The second-order valence-electron chi connectivity index (χ2n) is 5.79. The molecule has 0 aromatic heterocycles. The van der Waals surface area contributed by atoms with E-state index in [9.17, 15) is 4.79 Å². The molecule has 22 heavy (non-hydrogen) atoms. The van der Waals surface area contributed by atoms with Crippen LogP contribution in [0, 0.1) is 0 Å². The number of carbonyl (C=O) groups excluding carboxylic acids is 1. The summed E-state index contributed by atoms with van der Waals surface area (Å²) < 4.78 is 5.47. The van der Waals surface area contributed by atoms with Crippen LogP contribution >= 0.6 is 0 Å². The van der Waals surface area contributed by atoms with Crippen LogP contribution in [0.15, 0.2) is 24.3 Å². The molecule has 1 fully saturated rings. The number of para-hydroxylation sites is 1. The van der Waals surface area contributed by atoms with Gasteiger partial charge in [0.2, 0.25) is 5.91 Å². The van der Waals surface area contributed by atoms with Crippen molar-refractivity contribution in [3.63, 3.8) is 0 Å². The van der Waals surface area contributed by atoms with Gasteiger partial charge >= 0.3 is 0 Å². The van der Waals surface area contributed by atoms with E-state index in [1.165, 1.54) is 0 Å². The SMILES string of the molecule is CCCN(C)CC(=O)N1CCNCC1c1ccccc1OC. The first-order valence-corrected chi connectivity index (χ1v) is 7.99. The molecule has 1 aromatic rings.